The Morgan fingerprint density at radius 1 is 1.03 bits per heavy atom. The molecular weight excluding hydrogens is 444 g/mol. The van der Waals surface area contributed by atoms with Crippen molar-refractivity contribution in [2.75, 3.05) is 5.32 Å². The third kappa shape index (κ3) is 3.92. The summed E-state index contributed by atoms with van der Waals surface area (Å²) >= 11 is 0. The van der Waals surface area contributed by atoms with E-state index in [0.717, 1.165) is 29.8 Å². The van der Waals surface area contributed by atoms with E-state index >= 15 is 0 Å². The Bertz CT molecular complexity index is 1610. The molecule has 0 radical (unpaired) electrons. The van der Waals surface area contributed by atoms with E-state index in [-0.39, 0.29) is 11.2 Å². The molecule has 35 heavy (non-hydrogen) atoms. The molecule has 0 atom stereocenters. The minimum Gasteiger partial charge on any atom is -0.340 e. The lowest BCUT2D eigenvalue weighted by atomic mass is 10.2. The fourth-order valence-corrected chi connectivity index (χ4v) is 4.25. The molecular formula is C25H24N8O2. The van der Waals surface area contributed by atoms with Crippen LogP contribution in [0.2, 0.25) is 0 Å². The van der Waals surface area contributed by atoms with Crippen molar-refractivity contribution < 1.29 is 0 Å². The third-order valence-electron chi connectivity index (χ3n) is 6.35. The minimum absolute atomic E-state index is 0.331. The van der Waals surface area contributed by atoms with Gasteiger partial charge >= 0.3 is 5.69 Å². The van der Waals surface area contributed by atoms with E-state index < -0.39 is 0 Å². The van der Waals surface area contributed by atoms with Gasteiger partial charge in [-0.1, -0.05) is 30.3 Å². The van der Waals surface area contributed by atoms with Crippen molar-refractivity contribution in [1.82, 2.24) is 33.7 Å². The molecule has 1 aliphatic carbocycles. The summed E-state index contributed by atoms with van der Waals surface area (Å²) in [6, 6.07) is 17.5. The Hall–Kier alpha value is -4.47. The van der Waals surface area contributed by atoms with Gasteiger partial charge in [0.15, 0.2) is 5.65 Å². The fourth-order valence-electron chi connectivity index (χ4n) is 4.25. The molecule has 0 saturated heterocycles. The van der Waals surface area contributed by atoms with Gasteiger partial charge in [-0.15, -0.1) is 0 Å². The summed E-state index contributed by atoms with van der Waals surface area (Å²) in [6.45, 7) is 0.986. The average Bonchev–Trinajstić information content (AvgIpc) is 3.40. The number of hydrogen-bond donors (Lipinski definition) is 1. The second kappa shape index (κ2) is 8.39. The lowest BCUT2D eigenvalue weighted by Crippen LogP contribution is -2.38. The first-order valence-corrected chi connectivity index (χ1v) is 11.5. The van der Waals surface area contributed by atoms with Gasteiger partial charge in [-0.25, -0.2) is 19.1 Å². The third-order valence-corrected chi connectivity index (χ3v) is 6.35. The predicted octanol–water partition coefficient (Wildman–Crippen LogP) is 2.68. The van der Waals surface area contributed by atoms with E-state index in [0.29, 0.717) is 35.9 Å². The highest BCUT2D eigenvalue weighted by molar-refractivity contribution is 5.89. The van der Waals surface area contributed by atoms with Crippen molar-refractivity contribution in [3.05, 3.63) is 93.7 Å². The predicted molar refractivity (Wildman–Crippen MR) is 132 cm³/mol. The Balaban J connectivity index is 1.48. The van der Waals surface area contributed by atoms with Crippen molar-refractivity contribution >= 4 is 22.5 Å². The zero-order valence-electron chi connectivity index (χ0n) is 19.2. The fraction of sp³-hybridized carbons (Fsp3) is 0.240. The number of hydrogen-bond acceptors (Lipinski definition) is 6. The van der Waals surface area contributed by atoms with Crippen LogP contribution in [0.25, 0.3) is 16.7 Å². The minimum atomic E-state index is -0.358. The average molecular weight is 469 g/mol. The van der Waals surface area contributed by atoms with Crippen LogP contribution >= 0.6 is 0 Å². The number of para-hydroxylation sites is 1. The first-order chi connectivity index (χ1) is 17.1. The Morgan fingerprint density at radius 3 is 2.49 bits per heavy atom. The van der Waals surface area contributed by atoms with Crippen LogP contribution in [-0.2, 0) is 20.1 Å². The molecule has 0 amide bonds. The van der Waals surface area contributed by atoms with E-state index in [1.807, 2.05) is 54.6 Å². The summed E-state index contributed by atoms with van der Waals surface area (Å²) in [5.41, 5.74) is 2.45. The molecule has 10 nitrogen and oxygen atoms in total. The zero-order chi connectivity index (χ0) is 23.9. The second-order valence-corrected chi connectivity index (χ2v) is 8.90. The molecule has 0 bridgehead atoms. The van der Waals surface area contributed by atoms with Gasteiger partial charge in [0.1, 0.15) is 23.9 Å². The molecule has 1 N–H and O–H groups in total. The second-order valence-electron chi connectivity index (χ2n) is 8.90. The van der Waals surface area contributed by atoms with Gasteiger partial charge in [-0.3, -0.25) is 13.9 Å². The Labute approximate surface area is 200 Å². The highest BCUT2D eigenvalue weighted by atomic mass is 16.2. The van der Waals surface area contributed by atoms with Gasteiger partial charge in [0.25, 0.3) is 5.56 Å². The molecule has 0 spiro atoms. The van der Waals surface area contributed by atoms with Gasteiger partial charge in [0.05, 0.1) is 12.2 Å². The standard InChI is InChI=1S/C25H24N8O2/c1-30-24(34)21-22(28-19-5-3-2-4-6-19)32(29-23(21)31(25(30)35)13-17-7-8-17)14-18-9-11-20(12-10-18)33-16-26-15-27-33/h2-6,9-12,15-17,28H,7-8,13-14H2,1H3. The molecule has 5 aromatic rings. The normalized spacial score (nSPS) is 13.4. The Kier molecular flexibility index (Phi) is 5.05. The molecule has 3 aromatic heterocycles. The van der Waals surface area contributed by atoms with Crippen LogP contribution in [0.3, 0.4) is 0 Å². The highest BCUT2D eigenvalue weighted by Crippen LogP contribution is 2.32. The maximum absolute atomic E-state index is 13.3. The quantitative estimate of drug-likeness (QED) is 0.394. The van der Waals surface area contributed by atoms with Crippen LogP contribution in [0, 0.1) is 5.92 Å². The molecule has 0 unspecified atom stereocenters. The SMILES string of the molecule is Cn1c(=O)c2c(Nc3ccccc3)n(Cc3ccc(-n4cncn4)cc3)nc2n(CC2CC2)c1=O. The summed E-state index contributed by atoms with van der Waals surface area (Å²) in [4.78, 5) is 30.3. The van der Waals surface area contributed by atoms with Crippen molar-refractivity contribution in [3.63, 3.8) is 0 Å². The molecule has 176 valence electrons. The number of anilines is 2. The van der Waals surface area contributed by atoms with Gasteiger partial charge in [0, 0.05) is 19.3 Å². The van der Waals surface area contributed by atoms with E-state index in [1.54, 1.807) is 20.3 Å². The van der Waals surface area contributed by atoms with Gasteiger partial charge < -0.3 is 5.32 Å². The van der Waals surface area contributed by atoms with Crippen LogP contribution in [0.5, 0.6) is 0 Å². The summed E-state index contributed by atoms with van der Waals surface area (Å²) in [5, 5.41) is 12.8. The first-order valence-electron chi connectivity index (χ1n) is 11.5. The van der Waals surface area contributed by atoms with E-state index in [4.69, 9.17) is 5.10 Å². The monoisotopic (exact) mass is 468 g/mol. The summed E-state index contributed by atoms with van der Waals surface area (Å²) in [5.74, 6) is 1.02. The van der Waals surface area contributed by atoms with Gasteiger partial charge in [-0.05, 0) is 48.6 Å². The molecule has 0 aliphatic heterocycles. The molecule has 2 aromatic carbocycles. The maximum Gasteiger partial charge on any atom is 0.332 e. The van der Waals surface area contributed by atoms with Crippen molar-refractivity contribution in [1.29, 1.82) is 0 Å². The molecule has 1 saturated carbocycles. The molecule has 6 rings (SSSR count). The number of rotatable bonds is 7. The largest absolute Gasteiger partial charge is 0.340 e. The van der Waals surface area contributed by atoms with Crippen LogP contribution in [0.1, 0.15) is 18.4 Å². The van der Waals surface area contributed by atoms with Crippen molar-refractivity contribution in [3.8, 4) is 5.69 Å². The maximum atomic E-state index is 13.3. The lowest BCUT2D eigenvalue weighted by molar-refractivity contribution is 0.572. The number of nitrogens with one attached hydrogen (secondary N) is 1. The number of fused-ring (bicyclic) bond motifs is 1. The van der Waals surface area contributed by atoms with Crippen molar-refractivity contribution in [2.45, 2.75) is 25.9 Å². The van der Waals surface area contributed by atoms with E-state index in [2.05, 4.69) is 15.4 Å². The summed E-state index contributed by atoms with van der Waals surface area (Å²) < 4.78 is 6.29. The molecule has 10 heteroatoms. The topological polar surface area (TPSA) is 105 Å². The van der Waals surface area contributed by atoms with E-state index in [1.165, 1.54) is 17.9 Å². The van der Waals surface area contributed by atoms with E-state index in [9.17, 15) is 9.59 Å². The lowest BCUT2D eigenvalue weighted by Gasteiger charge is -2.11. The van der Waals surface area contributed by atoms with Gasteiger partial charge in [0.2, 0.25) is 0 Å². The number of nitrogens with zero attached hydrogens (tertiary/aromatic N) is 7. The van der Waals surface area contributed by atoms with Crippen LogP contribution < -0.4 is 16.6 Å². The summed E-state index contributed by atoms with van der Waals surface area (Å²) in [6.07, 6.45) is 5.31. The van der Waals surface area contributed by atoms with Crippen LogP contribution in [-0.4, -0.2) is 33.7 Å². The zero-order valence-corrected chi connectivity index (χ0v) is 19.2. The Morgan fingerprint density at radius 2 is 1.80 bits per heavy atom. The number of aromatic nitrogens is 7. The first kappa shape index (κ1) is 21.1. The van der Waals surface area contributed by atoms with Gasteiger partial charge in [-0.2, -0.15) is 10.2 Å². The number of benzene rings is 2. The molecule has 1 fully saturated rings. The molecule has 3 heterocycles. The summed E-state index contributed by atoms with van der Waals surface area (Å²) in [7, 11) is 1.53. The highest BCUT2D eigenvalue weighted by Gasteiger charge is 2.27. The van der Waals surface area contributed by atoms with Crippen molar-refractivity contribution in [2.24, 2.45) is 13.0 Å². The smallest absolute Gasteiger partial charge is 0.332 e. The molecule has 1 aliphatic rings. The van der Waals surface area contributed by atoms with Crippen LogP contribution in [0.15, 0.2) is 76.8 Å². The van der Waals surface area contributed by atoms with Crippen LogP contribution in [0.4, 0.5) is 11.5 Å².